The molecule has 0 unspecified atom stereocenters. The van der Waals surface area contributed by atoms with E-state index in [2.05, 4.69) is 28.2 Å². The molecule has 1 amide bonds. The first-order chi connectivity index (χ1) is 11.1. The minimum Gasteiger partial charge on any atom is -0.492 e. The molecular formula is C18H19BrFNO2. The molecule has 0 aliphatic carbocycles. The van der Waals surface area contributed by atoms with Crippen molar-refractivity contribution in [2.24, 2.45) is 0 Å². The largest absolute Gasteiger partial charge is 0.492 e. The fourth-order valence-electron chi connectivity index (χ4n) is 2.05. The van der Waals surface area contributed by atoms with E-state index >= 15 is 0 Å². The highest BCUT2D eigenvalue weighted by Gasteiger charge is 2.05. The van der Waals surface area contributed by atoms with Gasteiger partial charge >= 0.3 is 0 Å². The monoisotopic (exact) mass is 379 g/mol. The molecule has 2 aromatic rings. The average molecular weight is 380 g/mol. The highest BCUT2D eigenvalue weighted by molar-refractivity contribution is 9.10. The molecule has 2 aromatic carbocycles. The molecule has 0 atom stereocenters. The van der Waals surface area contributed by atoms with Gasteiger partial charge in [-0.3, -0.25) is 4.79 Å². The van der Waals surface area contributed by atoms with E-state index in [9.17, 15) is 9.18 Å². The molecule has 0 spiro atoms. The lowest BCUT2D eigenvalue weighted by Crippen LogP contribution is -2.12. The Morgan fingerprint density at radius 3 is 2.61 bits per heavy atom. The van der Waals surface area contributed by atoms with Gasteiger partial charge in [-0.1, -0.05) is 13.0 Å². The molecule has 23 heavy (non-hydrogen) atoms. The van der Waals surface area contributed by atoms with E-state index in [4.69, 9.17) is 4.74 Å². The first-order valence-electron chi connectivity index (χ1n) is 7.55. The Kier molecular flexibility index (Phi) is 6.59. The van der Waals surface area contributed by atoms with Crippen molar-refractivity contribution < 1.29 is 13.9 Å². The summed E-state index contributed by atoms with van der Waals surface area (Å²) in [6.07, 6.45) is 1.93. The number of amides is 1. The van der Waals surface area contributed by atoms with Crippen molar-refractivity contribution in [3.8, 4) is 5.75 Å². The number of halogens is 2. The van der Waals surface area contributed by atoms with Crippen LogP contribution in [-0.2, 0) is 11.2 Å². The summed E-state index contributed by atoms with van der Waals surface area (Å²) in [6.45, 7) is 2.56. The third-order valence-electron chi connectivity index (χ3n) is 3.34. The van der Waals surface area contributed by atoms with Crippen LogP contribution in [0.5, 0.6) is 5.75 Å². The fraction of sp³-hybridized carbons (Fsp3) is 0.278. The van der Waals surface area contributed by atoms with E-state index < -0.39 is 0 Å². The third kappa shape index (κ3) is 5.67. The predicted molar refractivity (Wildman–Crippen MR) is 93.3 cm³/mol. The number of carbonyl (C=O) groups excluding carboxylic acids is 1. The van der Waals surface area contributed by atoms with Crippen molar-refractivity contribution in [2.45, 2.75) is 26.2 Å². The molecule has 0 saturated carbocycles. The Morgan fingerprint density at radius 1 is 1.22 bits per heavy atom. The van der Waals surface area contributed by atoms with Gasteiger partial charge in [0.2, 0.25) is 5.91 Å². The smallest absolute Gasteiger partial charge is 0.224 e. The van der Waals surface area contributed by atoms with Crippen LogP contribution in [0.3, 0.4) is 0 Å². The summed E-state index contributed by atoms with van der Waals surface area (Å²) >= 11 is 3.48. The summed E-state index contributed by atoms with van der Waals surface area (Å²) in [5.41, 5.74) is 1.83. The molecule has 1 N–H and O–H groups in total. The van der Waals surface area contributed by atoms with Gasteiger partial charge in [0, 0.05) is 12.1 Å². The van der Waals surface area contributed by atoms with Crippen LogP contribution in [0.15, 0.2) is 46.9 Å². The Morgan fingerprint density at radius 2 is 1.96 bits per heavy atom. The van der Waals surface area contributed by atoms with E-state index in [0.29, 0.717) is 25.1 Å². The van der Waals surface area contributed by atoms with E-state index in [0.717, 1.165) is 16.6 Å². The lowest BCUT2D eigenvalue weighted by molar-refractivity contribution is -0.116. The molecule has 0 bridgehead atoms. The predicted octanol–water partition coefficient (Wildman–Crippen LogP) is 4.95. The van der Waals surface area contributed by atoms with E-state index in [1.54, 1.807) is 0 Å². The maximum Gasteiger partial charge on any atom is 0.224 e. The zero-order valence-corrected chi connectivity index (χ0v) is 14.5. The summed E-state index contributed by atoms with van der Waals surface area (Å²) < 4.78 is 19.4. The van der Waals surface area contributed by atoms with Gasteiger partial charge in [0.05, 0.1) is 11.1 Å². The second-order valence-electron chi connectivity index (χ2n) is 5.13. The zero-order chi connectivity index (χ0) is 16.7. The summed E-state index contributed by atoms with van der Waals surface area (Å²) in [5.74, 6) is 0.345. The minimum absolute atomic E-state index is 0.111. The summed E-state index contributed by atoms with van der Waals surface area (Å²) in [7, 11) is 0. The highest BCUT2D eigenvalue weighted by atomic mass is 79.9. The molecule has 122 valence electrons. The molecule has 0 aliphatic rings. The van der Waals surface area contributed by atoms with Gasteiger partial charge in [0.1, 0.15) is 11.6 Å². The van der Waals surface area contributed by atoms with Crippen LogP contribution in [0.4, 0.5) is 10.1 Å². The maximum absolute atomic E-state index is 12.8. The third-order valence-corrected chi connectivity index (χ3v) is 3.96. The Bertz CT molecular complexity index is 659. The lowest BCUT2D eigenvalue weighted by Gasteiger charge is -2.09. The van der Waals surface area contributed by atoms with E-state index in [-0.39, 0.29) is 11.7 Å². The van der Waals surface area contributed by atoms with Gasteiger partial charge in [-0.25, -0.2) is 4.39 Å². The number of carbonyl (C=O) groups is 1. The number of ether oxygens (including phenoxy) is 1. The maximum atomic E-state index is 12.8. The minimum atomic E-state index is -0.323. The van der Waals surface area contributed by atoms with E-state index in [1.165, 1.54) is 29.8 Å². The number of nitrogens with one attached hydrogen (secondary N) is 1. The number of hydrogen-bond donors (Lipinski definition) is 1. The SMILES string of the molecule is CCc1ccc(OCCCC(=O)Nc2ccc(F)cc2)c(Br)c1. The second-order valence-corrected chi connectivity index (χ2v) is 5.98. The summed E-state index contributed by atoms with van der Waals surface area (Å²) in [6, 6.07) is 11.7. The molecule has 5 heteroatoms. The van der Waals surface area contributed by atoms with Crippen LogP contribution in [0.1, 0.15) is 25.3 Å². The van der Waals surface area contributed by atoms with Gasteiger partial charge in [0.15, 0.2) is 0 Å². The summed E-state index contributed by atoms with van der Waals surface area (Å²) in [5, 5.41) is 2.72. The molecule has 3 nitrogen and oxygen atoms in total. The zero-order valence-electron chi connectivity index (χ0n) is 12.9. The van der Waals surface area contributed by atoms with Crippen LogP contribution < -0.4 is 10.1 Å². The van der Waals surface area contributed by atoms with Crippen molar-refractivity contribution >= 4 is 27.5 Å². The lowest BCUT2D eigenvalue weighted by atomic mass is 10.2. The average Bonchev–Trinajstić information content (AvgIpc) is 2.55. The van der Waals surface area contributed by atoms with Crippen molar-refractivity contribution in [3.63, 3.8) is 0 Å². The molecule has 0 saturated heterocycles. The van der Waals surface area contributed by atoms with Gasteiger partial charge in [-0.15, -0.1) is 0 Å². The Hall–Kier alpha value is -1.88. The molecule has 2 rings (SSSR count). The van der Waals surface area contributed by atoms with E-state index in [1.807, 2.05) is 18.2 Å². The Balaban J connectivity index is 1.72. The van der Waals surface area contributed by atoms with Gasteiger partial charge in [-0.2, -0.15) is 0 Å². The number of benzene rings is 2. The molecule has 0 radical (unpaired) electrons. The molecule has 0 fully saturated rings. The van der Waals surface area contributed by atoms with Crippen molar-refractivity contribution in [1.82, 2.24) is 0 Å². The quantitative estimate of drug-likeness (QED) is 0.691. The van der Waals surface area contributed by atoms with Crippen molar-refractivity contribution in [2.75, 3.05) is 11.9 Å². The number of hydrogen-bond acceptors (Lipinski definition) is 2. The molecular weight excluding hydrogens is 361 g/mol. The molecule has 0 aromatic heterocycles. The standard InChI is InChI=1S/C18H19BrFNO2/c1-2-13-5-10-17(16(19)12-13)23-11-3-4-18(22)21-15-8-6-14(20)7-9-15/h5-10,12H,2-4,11H2,1H3,(H,21,22). The Labute approximate surface area is 144 Å². The number of anilines is 1. The number of aryl methyl sites for hydroxylation is 1. The van der Waals surface area contributed by atoms with Crippen molar-refractivity contribution in [1.29, 1.82) is 0 Å². The van der Waals surface area contributed by atoms with Crippen molar-refractivity contribution in [3.05, 3.63) is 58.3 Å². The van der Waals surface area contributed by atoms with Crippen LogP contribution in [0.25, 0.3) is 0 Å². The molecule has 0 heterocycles. The number of rotatable bonds is 7. The van der Waals surface area contributed by atoms with Crippen LogP contribution in [0.2, 0.25) is 0 Å². The first-order valence-corrected chi connectivity index (χ1v) is 8.34. The topological polar surface area (TPSA) is 38.3 Å². The van der Waals surface area contributed by atoms with Crippen LogP contribution >= 0.6 is 15.9 Å². The molecule has 0 aliphatic heterocycles. The van der Waals surface area contributed by atoms with Gasteiger partial charge in [0.25, 0.3) is 0 Å². The second kappa shape index (κ2) is 8.67. The van der Waals surface area contributed by atoms with Crippen LogP contribution in [-0.4, -0.2) is 12.5 Å². The highest BCUT2D eigenvalue weighted by Crippen LogP contribution is 2.26. The first kappa shape index (κ1) is 17.5. The fourth-order valence-corrected chi connectivity index (χ4v) is 2.59. The van der Waals surface area contributed by atoms with Gasteiger partial charge in [-0.05, 0) is 70.7 Å². The van der Waals surface area contributed by atoms with Gasteiger partial charge < -0.3 is 10.1 Å². The summed E-state index contributed by atoms with van der Waals surface area (Å²) in [4.78, 5) is 11.8. The normalized spacial score (nSPS) is 10.4. The van der Waals surface area contributed by atoms with Crippen LogP contribution in [0, 0.1) is 5.82 Å².